The van der Waals surface area contributed by atoms with Crippen LogP contribution >= 0.6 is 0 Å². The molecule has 196 valence electrons. The molecule has 0 aliphatic heterocycles. The minimum atomic E-state index is -4.09. The average molecular weight is 524 g/mol. The Labute approximate surface area is 218 Å². The van der Waals surface area contributed by atoms with Crippen molar-refractivity contribution >= 4 is 27.5 Å². The highest BCUT2D eigenvalue weighted by atomic mass is 32.2. The summed E-state index contributed by atoms with van der Waals surface area (Å²) in [5, 5.41) is 2.83. The van der Waals surface area contributed by atoms with Gasteiger partial charge in [-0.25, -0.2) is 8.42 Å². The fraction of sp³-hybridized carbons (Fsp3) is 0.286. The van der Waals surface area contributed by atoms with Crippen molar-refractivity contribution in [1.82, 2.24) is 10.2 Å². The van der Waals surface area contributed by atoms with Crippen LogP contribution in [0.4, 0.5) is 5.69 Å². The van der Waals surface area contributed by atoms with Crippen LogP contribution in [-0.2, 0) is 26.2 Å². The number of nitrogens with one attached hydrogen (secondary N) is 1. The number of hydrogen-bond acceptors (Lipinski definition) is 5. The maximum atomic E-state index is 13.8. The molecule has 0 bridgehead atoms. The van der Waals surface area contributed by atoms with Crippen LogP contribution in [0.1, 0.15) is 25.8 Å². The summed E-state index contributed by atoms with van der Waals surface area (Å²) >= 11 is 0. The van der Waals surface area contributed by atoms with Crippen LogP contribution in [0.2, 0.25) is 0 Å². The lowest BCUT2D eigenvalue weighted by molar-refractivity contribution is -0.139. The highest BCUT2D eigenvalue weighted by molar-refractivity contribution is 7.92. The number of benzene rings is 3. The second-order valence-corrected chi connectivity index (χ2v) is 10.4. The summed E-state index contributed by atoms with van der Waals surface area (Å²) in [7, 11) is -2.57. The molecule has 0 heterocycles. The van der Waals surface area contributed by atoms with E-state index in [-0.39, 0.29) is 17.3 Å². The van der Waals surface area contributed by atoms with Crippen molar-refractivity contribution in [2.45, 2.75) is 37.8 Å². The predicted molar refractivity (Wildman–Crippen MR) is 144 cm³/mol. The molecule has 0 unspecified atom stereocenters. The molecule has 0 saturated heterocycles. The van der Waals surface area contributed by atoms with Crippen molar-refractivity contribution in [2.24, 2.45) is 0 Å². The van der Waals surface area contributed by atoms with Gasteiger partial charge in [0.25, 0.3) is 10.0 Å². The number of anilines is 1. The van der Waals surface area contributed by atoms with Crippen LogP contribution < -0.4 is 14.4 Å². The van der Waals surface area contributed by atoms with Crippen LogP contribution in [0.25, 0.3) is 0 Å². The summed E-state index contributed by atoms with van der Waals surface area (Å²) in [5.74, 6) is -0.245. The highest BCUT2D eigenvalue weighted by Gasteiger charge is 2.32. The van der Waals surface area contributed by atoms with Gasteiger partial charge in [0.1, 0.15) is 18.3 Å². The van der Waals surface area contributed by atoms with E-state index in [0.29, 0.717) is 18.0 Å². The molecular weight excluding hydrogens is 490 g/mol. The monoisotopic (exact) mass is 523 g/mol. The maximum absolute atomic E-state index is 13.8. The summed E-state index contributed by atoms with van der Waals surface area (Å²) < 4.78 is 33.7. The number of methoxy groups -OCH3 is 1. The first-order valence-electron chi connectivity index (χ1n) is 12.1. The molecule has 0 fully saturated rings. The van der Waals surface area contributed by atoms with Crippen LogP contribution in [0.15, 0.2) is 89.8 Å². The fourth-order valence-electron chi connectivity index (χ4n) is 3.76. The summed E-state index contributed by atoms with van der Waals surface area (Å²) in [4.78, 5) is 28.1. The third-order valence-electron chi connectivity index (χ3n) is 5.88. The normalized spacial score (nSPS) is 11.9. The Bertz CT molecular complexity index is 1270. The van der Waals surface area contributed by atoms with E-state index in [0.717, 1.165) is 16.3 Å². The number of rotatable bonds is 12. The van der Waals surface area contributed by atoms with Crippen LogP contribution in [-0.4, -0.2) is 51.4 Å². The number of carbonyl (C=O) groups is 2. The van der Waals surface area contributed by atoms with Crippen molar-refractivity contribution in [3.8, 4) is 5.75 Å². The van der Waals surface area contributed by atoms with E-state index in [1.807, 2.05) is 37.3 Å². The van der Waals surface area contributed by atoms with Gasteiger partial charge in [0.15, 0.2) is 0 Å². The van der Waals surface area contributed by atoms with Crippen LogP contribution in [0.5, 0.6) is 5.75 Å². The van der Waals surface area contributed by atoms with Gasteiger partial charge in [0.05, 0.1) is 17.7 Å². The summed E-state index contributed by atoms with van der Waals surface area (Å²) in [6.07, 6.45) is 0.756. The lowest BCUT2D eigenvalue weighted by Crippen LogP contribution is -2.51. The molecule has 0 saturated carbocycles. The molecule has 3 aromatic carbocycles. The average Bonchev–Trinajstić information content (AvgIpc) is 2.93. The third kappa shape index (κ3) is 7.10. The van der Waals surface area contributed by atoms with Gasteiger partial charge in [-0.05, 0) is 55.3 Å². The first-order chi connectivity index (χ1) is 17.8. The van der Waals surface area contributed by atoms with E-state index in [9.17, 15) is 18.0 Å². The Morgan fingerprint density at radius 1 is 0.919 bits per heavy atom. The summed E-state index contributed by atoms with van der Waals surface area (Å²) in [6, 6.07) is 22.9. The Morgan fingerprint density at radius 3 is 2.08 bits per heavy atom. The topological polar surface area (TPSA) is 96.0 Å². The predicted octanol–water partition coefficient (Wildman–Crippen LogP) is 3.83. The molecule has 0 radical (unpaired) electrons. The number of hydrogen-bond donors (Lipinski definition) is 1. The van der Waals surface area contributed by atoms with Crippen molar-refractivity contribution < 1.29 is 22.7 Å². The molecule has 37 heavy (non-hydrogen) atoms. The van der Waals surface area contributed by atoms with E-state index in [4.69, 9.17) is 4.74 Å². The zero-order chi connectivity index (χ0) is 26.8. The van der Waals surface area contributed by atoms with Gasteiger partial charge in [-0.2, -0.15) is 0 Å². The first-order valence-corrected chi connectivity index (χ1v) is 13.5. The quantitative estimate of drug-likeness (QED) is 0.389. The molecule has 1 atom stereocenters. The number of carbonyl (C=O) groups excluding carboxylic acids is 2. The first kappa shape index (κ1) is 27.7. The number of amides is 2. The molecule has 8 nitrogen and oxygen atoms in total. The second kappa shape index (κ2) is 12.9. The van der Waals surface area contributed by atoms with Crippen molar-refractivity contribution in [3.05, 3.63) is 90.5 Å². The molecule has 0 spiro atoms. The lowest BCUT2D eigenvalue weighted by atomic mass is 10.1. The maximum Gasteiger partial charge on any atom is 0.264 e. The molecule has 0 aliphatic carbocycles. The van der Waals surface area contributed by atoms with Crippen molar-refractivity contribution in [3.63, 3.8) is 0 Å². The molecule has 0 aromatic heterocycles. The molecular formula is C28H33N3O5S. The smallest absolute Gasteiger partial charge is 0.264 e. The number of nitrogens with zero attached hydrogens (tertiary/aromatic N) is 2. The van der Waals surface area contributed by atoms with Gasteiger partial charge in [-0.1, -0.05) is 55.5 Å². The zero-order valence-electron chi connectivity index (χ0n) is 21.3. The van der Waals surface area contributed by atoms with Gasteiger partial charge < -0.3 is 15.0 Å². The Morgan fingerprint density at radius 2 is 1.51 bits per heavy atom. The van der Waals surface area contributed by atoms with Crippen LogP contribution in [0.3, 0.4) is 0 Å². The second-order valence-electron chi connectivity index (χ2n) is 8.50. The van der Waals surface area contributed by atoms with Gasteiger partial charge in [0.2, 0.25) is 11.8 Å². The van der Waals surface area contributed by atoms with Gasteiger partial charge in [-0.3, -0.25) is 13.9 Å². The molecule has 0 aliphatic rings. The third-order valence-corrected chi connectivity index (χ3v) is 7.67. The molecule has 3 rings (SSSR count). The van der Waals surface area contributed by atoms with E-state index < -0.39 is 28.5 Å². The Kier molecular flexibility index (Phi) is 9.68. The van der Waals surface area contributed by atoms with E-state index >= 15 is 0 Å². The van der Waals surface area contributed by atoms with Crippen molar-refractivity contribution in [1.29, 1.82) is 0 Å². The van der Waals surface area contributed by atoms with Gasteiger partial charge in [-0.15, -0.1) is 0 Å². The van der Waals surface area contributed by atoms with Gasteiger partial charge >= 0.3 is 0 Å². The van der Waals surface area contributed by atoms with Gasteiger partial charge in [0, 0.05) is 13.1 Å². The standard InChI is InChI=1S/C28H33N3O5S/c1-4-19-29-28(33)22(2)30(20-23-11-7-5-8-12-23)27(32)21-31(24-15-17-25(36-3)18-16-24)37(34,35)26-13-9-6-10-14-26/h5-18,22H,4,19-21H2,1-3H3,(H,29,33)/t22-/m1/s1. The summed E-state index contributed by atoms with van der Waals surface area (Å²) in [6.45, 7) is 3.75. The molecule has 9 heteroatoms. The van der Waals surface area contributed by atoms with Crippen molar-refractivity contribution in [2.75, 3.05) is 24.5 Å². The Balaban J connectivity index is 1.99. The fourth-order valence-corrected chi connectivity index (χ4v) is 5.19. The highest BCUT2D eigenvalue weighted by Crippen LogP contribution is 2.26. The van der Waals surface area contributed by atoms with Crippen LogP contribution in [0, 0.1) is 0 Å². The molecule has 2 amide bonds. The molecule has 3 aromatic rings. The number of sulfonamides is 1. The van der Waals surface area contributed by atoms with E-state index in [1.165, 1.54) is 24.1 Å². The zero-order valence-corrected chi connectivity index (χ0v) is 22.1. The lowest BCUT2D eigenvalue weighted by Gasteiger charge is -2.32. The minimum Gasteiger partial charge on any atom is -0.497 e. The minimum absolute atomic E-state index is 0.0574. The SMILES string of the molecule is CCCNC(=O)[C@@H](C)N(Cc1ccccc1)C(=O)CN(c1ccc(OC)cc1)S(=O)(=O)c1ccccc1. The largest absolute Gasteiger partial charge is 0.497 e. The molecule has 1 N–H and O–H groups in total. The van der Waals surface area contributed by atoms with E-state index in [2.05, 4.69) is 5.32 Å². The van der Waals surface area contributed by atoms with E-state index in [1.54, 1.807) is 49.4 Å². The summed E-state index contributed by atoms with van der Waals surface area (Å²) in [5.41, 5.74) is 1.13. The number of ether oxygens (including phenoxy) is 1. The Hall–Kier alpha value is -3.85.